The molecule has 0 aliphatic rings. The molecule has 1 heterocycles. The molecule has 0 aliphatic heterocycles. The number of hydrogen-bond donors (Lipinski definition) is 1. The van der Waals surface area contributed by atoms with Crippen molar-refractivity contribution in [3.63, 3.8) is 0 Å². The number of pyridine rings is 1. The summed E-state index contributed by atoms with van der Waals surface area (Å²) in [6.07, 6.45) is 1.80. The van der Waals surface area contributed by atoms with Gasteiger partial charge in [-0.2, -0.15) is 0 Å². The molecule has 0 bridgehead atoms. The lowest BCUT2D eigenvalue weighted by molar-refractivity contribution is 0.301. The SMILES string of the molecule is CCNCCOc1ncc(C)cc1Br. The van der Waals surface area contributed by atoms with Crippen molar-refractivity contribution >= 4 is 15.9 Å². The van der Waals surface area contributed by atoms with Crippen LogP contribution in [0.2, 0.25) is 0 Å². The molecule has 14 heavy (non-hydrogen) atoms. The number of ether oxygens (including phenoxy) is 1. The predicted octanol–water partition coefficient (Wildman–Crippen LogP) is 2.14. The Bertz CT molecular complexity index is 291. The number of aryl methyl sites for hydroxylation is 1. The van der Waals surface area contributed by atoms with Crippen molar-refractivity contribution in [3.05, 3.63) is 22.3 Å². The van der Waals surface area contributed by atoms with Crippen molar-refractivity contribution in [3.8, 4) is 5.88 Å². The minimum atomic E-state index is 0.641. The standard InChI is InChI=1S/C10H15BrN2O/c1-3-12-4-5-14-10-9(11)6-8(2)7-13-10/h6-7,12H,3-5H2,1-2H3. The number of nitrogens with zero attached hydrogens (tertiary/aromatic N) is 1. The summed E-state index contributed by atoms with van der Waals surface area (Å²) in [6, 6.07) is 2.00. The molecule has 0 amide bonds. The summed E-state index contributed by atoms with van der Waals surface area (Å²) < 4.78 is 6.38. The Kier molecular flexibility index (Phi) is 4.90. The summed E-state index contributed by atoms with van der Waals surface area (Å²) in [5.41, 5.74) is 1.12. The maximum Gasteiger partial charge on any atom is 0.227 e. The van der Waals surface area contributed by atoms with Gasteiger partial charge < -0.3 is 10.1 Å². The molecule has 0 radical (unpaired) electrons. The Labute approximate surface area is 93.0 Å². The first-order valence-corrected chi connectivity index (χ1v) is 5.49. The molecule has 0 unspecified atom stereocenters. The quantitative estimate of drug-likeness (QED) is 0.822. The lowest BCUT2D eigenvalue weighted by Gasteiger charge is -2.07. The Morgan fingerprint density at radius 2 is 2.36 bits per heavy atom. The number of nitrogens with one attached hydrogen (secondary N) is 1. The normalized spacial score (nSPS) is 10.2. The molecule has 1 rings (SSSR count). The van der Waals surface area contributed by atoms with Crippen LogP contribution >= 0.6 is 15.9 Å². The molecule has 0 fully saturated rings. The van der Waals surface area contributed by atoms with E-state index in [0.717, 1.165) is 23.1 Å². The van der Waals surface area contributed by atoms with Crippen molar-refractivity contribution in [2.75, 3.05) is 19.7 Å². The molecule has 0 saturated carbocycles. The van der Waals surface area contributed by atoms with Crippen LogP contribution in [-0.2, 0) is 0 Å². The van der Waals surface area contributed by atoms with Crippen LogP contribution in [0.4, 0.5) is 0 Å². The highest BCUT2D eigenvalue weighted by Gasteiger charge is 2.01. The van der Waals surface area contributed by atoms with E-state index in [-0.39, 0.29) is 0 Å². The minimum absolute atomic E-state index is 0.641. The van der Waals surface area contributed by atoms with Crippen LogP contribution < -0.4 is 10.1 Å². The fraction of sp³-hybridized carbons (Fsp3) is 0.500. The molecule has 0 saturated heterocycles. The Morgan fingerprint density at radius 1 is 1.57 bits per heavy atom. The Morgan fingerprint density at radius 3 is 3.00 bits per heavy atom. The van der Waals surface area contributed by atoms with Gasteiger partial charge in [0.25, 0.3) is 0 Å². The molecule has 0 aliphatic carbocycles. The second kappa shape index (κ2) is 5.98. The van der Waals surface area contributed by atoms with Crippen molar-refractivity contribution in [2.45, 2.75) is 13.8 Å². The van der Waals surface area contributed by atoms with E-state index >= 15 is 0 Å². The highest BCUT2D eigenvalue weighted by molar-refractivity contribution is 9.10. The van der Waals surface area contributed by atoms with Crippen LogP contribution in [0.1, 0.15) is 12.5 Å². The van der Waals surface area contributed by atoms with Gasteiger partial charge in [-0.1, -0.05) is 6.92 Å². The van der Waals surface area contributed by atoms with Crippen LogP contribution in [0, 0.1) is 6.92 Å². The van der Waals surface area contributed by atoms with E-state index in [1.807, 2.05) is 13.0 Å². The van der Waals surface area contributed by atoms with Crippen LogP contribution in [-0.4, -0.2) is 24.7 Å². The van der Waals surface area contributed by atoms with Crippen LogP contribution in [0.5, 0.6) is 5.88 Å². The molecule has 1 aromatic heterocycles. The summed E-state index contributed by atoms with van der Waals surface area (Å²) in [7, 11) is 0. The molecular formula is C10H15BrN2O. The van der Waals surface area contributed by atoms with Gasteiger partial charge in [-0.25, -0.2) is 4.98 Å². The number of rotatable bonds is 5. The first-order chi connectivity index (χ1) is 6.74. The van der Waals surface area contributed by atoms with E-state index in [4.69, 9.17) is 4.74 Å². The van der Waals surface area contributed by atoms with Crippen molar-refractivity contribution in [1.82, 2.24) is 10.3 Å². The van der Waals surface area contributed by atoms with E-state index in [9.17, 15) is 0 Å². The van der Waals surface area contributed by atoms with Gasteiger partial charge in [0.15, 0.2) is 0 Å². The predicted molar refractivity (Wildman–Crippen MR) is 60.7 cm³/mol. The van der Waals surface area contributed by atoms with E-state index in [1.54, 1.807) is 6.20 Å². The number of aromatic nitrogens is 1. The first-order valence-electron chi connectivity index (χ1n) is 4.69. The second-order valence-electron chi connectivity index (χ2n) is 3.00. The van der Waals surface area contributed by atoms with Gasteiger partial charge >= 0.3 is 0 Å². The van der Waals surface area contributed by atoms with Gasteiger partial charge in [0.2, 0.25) is 5.88 Å². The third kappa shape index (κ3) is 3.64. The monoisotopic (exact) mass is 258 g/mol. The smallest absolute Gasteiger partial charge is 0.227 e. The fourth-order valence-corrected chi connectivity index (χ4v) is 1.60. The summed E-state index contributed by atoms with van der Waals surface area (Å²) >= 11 is 3.41. The lowest BCUT2D eigenvalue weighted by Crippen LogP contribution is -2.20. The fourth-order valence-electron chi connectivity index (χ4n) is 1.02. The van der Waals surface area contributed by atoms with Crippen LogP contribution in [0.25, 0.3) is 0 Å². The summed E-state index contributed by atoms with van der Waals surface area (Å²) in [5.74, 6) is 0.661. The second-order valence-corrected chi connectivity index (χ2v) is 3.86. The minimum Gasteiger partial charge on any atom is -0.476 e. The number of likely N-dealkylation sites (N-methyl/N-ethyl adjacent to an activating group) is 1. The highest BCUT2D eigenvalue weighted by Crippen LogP contribution is 2.22. The zero-order chi connectivity index (χ0) is 10.4. The molecule has 0 spiro atoms. The van der Waals surface area contributed by atoms with E-state index in [2.05, 4.69) is 33.2 Å². The van der Waals surface area contributed by atoms with Gasteiger partial charge in [-0.05, 0) is 41.0 Å². The first kappa shape index (κ1) is 11.5. The zero-order valence-electron chi connectivity index (χ0n) is 8.51. The molecule has 78 valence electrons. The summed E-state index contributed by atoms with van der Waals surface area (Å²) in [4.78, 5) is 4.18. The van der Waals surface area contributed by atoms with E-state index in [1.165, 1.54) is 0 Å². The third-order valence-corrected chi connectivity index (χ3v) is 2.28. The lowest BCUT2D eigenvalue weighted by atomic mass is 10.3. The summed E-state index contributed by atoms with van der Waals surface area (Å²) in [5, 5.41) is 3.18. The van der Waals surface area contributed by atoms with E-state index in [0.29, 0.717) is 12.5 Å². The maximum absolute atomic E-state index is 5.47. The Balaban J connectivity index is 2.42. The molecule has 3 nitrogen and oxygen atoms in total. The van der Waals surface area contributed by atoms with Crippen LogP contribution in [0.15, 0.2) is 16.7 Å². The summed E-state index contributed by atoms with van der Waals surface area (Å²) in [6.45, 7) is 6.52. The maximum atomic E-state index is 5.47. The van der Waals surface area contributed by atoms with Crippen molar-refractivity contribution < 1.29 is 4.74 Å². The van der Waals surface area contributed by atoms with Crippen molar-refractivity contribution in [2.24, 2.45) is 0 Å². The third-order valence-electron chi connectivity index (χ3n) is 1.71. The zero-order valence-corrected chi connectivity index (χ0v) is 10.1. The van der Waals surface area contributed by atoms with Gasteiger partial charge in [0, 0.05) is 12.7 Å². The van der Waals surface area contributed by atoms with Crippen molar-refractivity contribution in [1.29, 1.82) is 0 Å². The molecule has 1 N–H and O–H groups in total. The molecule has 0 aromatic carbocycles. The highest BCUT2D eigenvalue weighted by atomic mass is 79.9. The van der Waals surface area contributed by atoms with Gasteiger partial charge in [-0.3, -0.25) is 0 Å². The van der Waals surface area contributed by atoms with Gasteiger partial charge in [0.1, 0.15) is 6.61 Å². The largest absolute Gasteiger partial charge is 0.476 e. The number of hydrogen-bond acceptors (Lipinski definition) is 3. The Hall–Kier alpha value is -0.610. The molecule has 0 atom stereocenters. The van der Waals surface area contributed by atoms with E-state index < -0.39 is 0 Å². The average Bonchev–Trinajstić information content (AvgIpc) is 2.15. The van der Waals surface area contributed by atoms with Gasteiger partial charge in [0.05, 0.1) is 4.47 Å². The van der Waals surface area contributed by atoms with Gasteiger partial charge in [-0.15, -0.1) is 0 Å². The number of halogens is 1. The molecule has 4 heteroatoms. The molecular weight excluding hydrogens is 244 g/mol. The molecule has 1 aromatic rings. The topological polar surface area (TPSA) is 34.1 Å². The van der Waals surface area contributed by atoms with Crippen LogP contribution in [0.3, 0.4) is 0 Å². The average molecular weight is 259 g/mol.